The summed E-state index contributed by atoms with van der Waals surface area (Å²) in [4.78, 5) is 2.62. The van der Waals surface area contributed by atoms with Crippen LogP contribution < -0.4 is 5.32 Å². The van der Waals surface area contributed by atoms with Crippen molar-refractivity contribution in [3.05, 3.63) is 23.8 Å². The average molecular weight is 295 g/mol. The number of fused-ring (bicyclic) bond motifs is 1. The van der Waals surface area contributed by atoms with Gasteiger partial charge in [-0.25, -0.2) is 8.42 Å². The molecule has 0 bridgehead atoms. The molecule has 1 fully saturated rings. The Labute approximate surface area is 120 Å². The fourth-order valence-electron chi connectivity index (χ4n) is 2.82. The predicted octanol–water partition coefficient (Wildman–Crippen LogP) is 0.979. The monoisotopic (exact) mass is 295 g/mol. The van der Waals surface area contributed by atoms with Crippen LogP contribution in [0.5, 0.6) is 0 Å². The van der Waals surface area contributed by atoms with Crippen LogP contribution in [0.3, 0.4) is 0 Å². The summed E-state index contributed by atoms with van der Waals surface area (Å²) in [6, 6.07) is 5.69. The number of sulfonamides is 1. The Morgan fingerprint density at radius 3 is 2.85 bits per heavy atom. The second kappa shape index (κ2) is 5.02. The Kier molecular flexibility index (Phi) is 3.48. The van der Waals surface area contributed by atoms with Crippen molar-refractivity contribution in [1.29, 1.82) is 0 Å². The number of nitrogens with one attached hydrogen (secondary N) is 1. The molecule has 1 aromatic rings. The molecule has 0 aromatic heterocycles. The van der Waals surface area contributed by atoms with E-state index in [-0.39, 0.29) is 6.04 Å². The summed E-state index contributed by atoms with van der Waals surface area (Å²) in [6.45, 7) is 4.87. The molecule has 2 aliphatic rings. The number of likely N-dealkylation sites (N-methyl/N-ethyl adjacent to an activating group) is 1. The summed E-state index contributed by atoms with van der Waals surface area (Å²) in [6.07, 6.45) is 0.901. The fraction of sp³-hybridized carbons (Fsp3) is 0.571. The van der Waals surface area contributed by atoms with Crippen molar-refractivity contribution in [2.75, 3.05) is 38.5 Å². The molecule has 5 nitrogen and oxygen atoms in total. The first kappa shape index (κ1) is 13.9. The van der Waals surface area contributed by atoms with Crippen molar-refractivity contribution in [2.45, 2.75) is 24.3 Å². The van der Waals surface area contributed by atoms with E-state index in [0.29, 0.717) is 18.0 Å². The molecule has 1 saturated heterocycles. The molecule has 1 unspecified atom stereocenters. The van der Waals surface area contributed by atoms with Crippen LogP contribution in [0.25, 0.3) is 0 Å². The highest BCUT2D eigenvalue weighted by molar-refractivity contribution is 7.89. The molecule has 1 aromatic carbocycles. The van der Waals surface area contributed by atoms with Gasteiger partial charge in [0.1, 0.15) is 0 Å². The Morgan fingerprint density at radius 2 is 2.10 bits per heavy atom. The third-order valence-electron chi connectivity index (χ3n) is 4.35. The van der Waals surface area contributed by atoms with Gasteiger partial charge in [-0.1, -0.05) is 0 Å². The number of hydrogen-bond donors (Lipinski definition) is 1. The van der Waals surface area contributed by atoms with E-state index in [9.17, 15) is 8.42 Å². The lowest BCUT2D eigenvalue weighted by Crippen LogP contribution is -2.51. The van der Waals surface area contributed by atoms with Gasteiger partial charge in [0.15, 0.2) is 0 Å². The number of hydrogen-bond acceptors (Lipinski definition) is 4. The number of anilines is 1. The quantitative estimate of drug-likeness (QED) is 0.884. The third kappa shape index (κ3) is 2.32. The molecule has 2 heterocycles. The maximum Gasteiger partial charge on any atom is 0.243 e. The Bertz CT molecular complexity index is 615. The standard InChI is InChI=1S/C14H21N3O2S/c1-11-10-17(8-7-16(11)2)20(18,19)13-3-4-14-12(9-13)5-6-15-14/h3-4,9,11,15H,5-8,10H2,1-2H3. The second-order valence-electron chi connectivity index (χ2n) is 5.69. The smallest absolute Gasteiger partial charge is 0.243 e. The van der Waals surface area contributed by atoms with Crippen molar-refractivity contribution >= 4 is 15.7 Å². The van der Waals surface area contributed by atoms with Crippen LogP contribution in [-0.2, 0) is 16.4 Å². The molecule has 0 amide bonds. The molecule has 1 atom stereocenters. The molecular formula is C14H21N3O2S. The number of nitrogens with zero attached hydrogens (tertiary/aromatic N) is 2. The summed E-state index contributed by atoms with van der Waals surface area (Å²) in [5, 5.41) is 3.26. The summed E-state index contributed by atoms with van der Waals surface area (Å²) < 4.78 is 27.1. The maximum absolute atomic E-state index is 12.7. The molecule has 0 aliphatic carbocycles. The van der Waals surface area contributed by atoms with Gasteiger partial charge in [0.05, 0.1) is 4.90 Å². The minimum absolute atomic E-state index is 0.259. The van der Waals surface area contributed by atoms with Gasteiger partial charge in [-0.15, -0.1) is 0 Å². The summed E-state index contributed by atoms with van der Waals surface area (Å²) in [5.41, 5.74) is 2.17. The minimum atomic E-state index is -3.36. The first-order valence-corrected chi connectivity index (χ1v) is 8.49. The van der Waals surface area contributed by atoms with E-state index in [1.807, 2.05) is 19.2 Å². The van der Waals surface area contributed by atoms with Gasteiger partial charge in [-0.3, -0.25) is 0 Å². The van der Waals surface area contributed by atoms with Crippen molar-refractivity contribution < 1.29 is 8.42 Å². The van der Waals surface area contributed by atoms with Crippen molar-refractivity contribution in [3.63, 3.8) is 0 Å². The molecule has 1 N–H and O–H groups in total. The van der Waals surface area contributed by atoms with Crippen LogP contribution in [0.15, 0.2) is 23.1 Å². The Morgan fingerprint density at radius 1 is 1.30 bits per heavy atom. The number of benzene rings is 1. The highest BCUT2D eigenvalue weighted by Crippen LogP contribution is 2.27. The third-order valence-corrected chi connectivity index (χ3v) is 6.21. The van der Waals surface area contributed by atoms with Gasteiger partial charge in [-0.2, -0.15) is 4.31 Å². The topological polar surface area (TPSA) is 52.7 Å². The van der Waals surface area contributed by atoms with Gasteiger partial charge in [0.25, 0.3) is 0 Å². The fourth-order valence-corrected chi connectivity index (χ4v) is 4.39. The normalized spacial score (nSPS) is 24.4. The lowest BCUT2D eigenvalue weighted by Gasteiger charge is -2.36. The first-order chi connectivity index (χ1) is 9.48. The molecule has 20 heavy (non-hydrogen) atoms. The molecule has 3 rings (SSSR count). The number of rotatable bonds is 2. The van der Waals surface area contributed by atoms with Crippen LogP contribution in [0.2, 0.25) is 0 Å². The van der Waals surface area contributed by atoms with Gasteiger partial charge in [-0.05, 0) is 44.2 Å². The van der Waals surface area contributed by atoms with E-state index in [2.05, 4.69) is 17.1 Å². The van der Waals surface area contributed by atoms with E-state index in [4.69, 9.17) is 0 Å². The first-order valence-electron chi connectivity index (χ1n) is 7.05. The van der Waals surface area contributed by atoms with Crippen LogP contribution >= 0.6 is 0 Å². The van der Waals surface area contributed by atoms with E-state index in [1.54, 1.807) is 10.4 Å². The summed E-state index contributed by atoms with van der Waals surface area (Å²) >= 11 is 0. The zero-order valence-corrected chi connectivity index (χ0v) is 12.8. The SMILES string of the molecule is CC1CN(S(=O)(=O)c2ccc3c(c2)CCN3)CCN1C. The van der Waals surface area contributed by atoms with Gasteiger partial charge in [0, 0.05) is 37.9 Å². The van der Waals surface area contributed by atoms with Crippen LogP contribution in [-0.4, -0.2) is 56.9 Å². The van der Waals surface area contributed by atoms with Crippen molar-refractivity contribution in [1.82, 2.24) is 9.21 Å². The lowest BCUT2D eigenvalue weighted by atomic mass is 10.2. The molecule has 110 valence electrons. The minimum Gasteiger partial charge on any atom is -0.384 e. The van der Waals surface area contributed by atoms with Crippen molar-refractivity contribution in [2.24, 2.45) is 0 Å². The van der Waals surface area contributed by atoms with E-state index < -0.39 is 10.0 Å². The van der Waals surface area contributed by atoms with Gasteiger partial charge < -0.3 is 10.2 Å². The summed E-state index contributed by atoms with van der Waals surface area (Å²) in [7, 11) is -1.32. The summed E-state index contributed by atoms with van der Waals surface area (Å²) in [5.74, 6) is 0. The molecule has 2 aliphatic heterocycles. The highest BCUT2D eigenvalue weighted by Gasteiger charge is 2.31. The van der Waals surface area contributed by atoms with Gasteiger partial charge in [0.2, 0.25) is 10.0 Å². The van der Waals surface area contributed by atoms with Crippen LogP contribution in [0.4, 0.5) is 5.69 Å². The van der Waals surface area contributed by atoms with Crippen molar-refractivity contribution in [3.8, 4) is 0 Å². The van der Waals surface area contributed by atoms with E-state index >= 15 is 0 Å². The maximum atomic E-state index is 12.7. The molecular weight excluding hydrogens is 274 g/mol. The Hall–Kier alpha value is -1.11. The van der Waals surface area contributed by atoms with Crippen LogP contribution in [0.1, 0.15) is 12.5 Å². The predicted molar refractivity (Wildman–Crippen MR) is 79.5 cm³/mol. The highest BCUT2D eigenvalue weighted by atomic mass is 32.2. The molecule has 6 heteroatoms. The Balaban J connectivity index is 1.88. The zero-order chi connectivity index (χ0) is 14.3. The van der Waals surface area contributed by atoms with Gasteiger partial charge >= 0.3 is 0 Å². The van der Waals surface area contributed by atoms with Crippen LogP contribution in [0, 0.1) is 0 Å². The number of piperazine rings is 1. The molecule has 0 spiro atoms. The zero-order valence-electron chi connectivity index (χ0n) is 12.0. The van der Waals surface area contributed by atoms with E-state index in [0.717, 1.165) is 30.8 Å². The molecule has 0 saturated carbocycles. The second-order valence-corrected chi connectivity index (χ2v) is 7.63. The average Bonchev–Trinajstić information content (AvgIpc) is 2.89. The lowest BCUT2D eigenvalue weighted by molar-refractivity contribution is 0.159. The largest absolute Gasteiger partial charge is 0.384 e. The molecule has 0 radical (unpaired) electrons. The van der Waals surface area contributed by atoms with E-state index in [1.165, 1.54) is 0 Å².